The van der Waals surface area contributed by atoms with E-state index in [0.29, 0.717) is 34.1 Å². The average Bonchev–Trinajstić information content (AvgIpc) is 3.77. The Kier molecular flexibility index (Phi) is 4.70. The number of carbonyl (C=O) groups excluding carboxylic acids is 1. The zero-order valence-electron chi connectivity index (χ0n) is 22.0. The molecule has 5 heterocycles. The van der Waals surface area contributed by atoms with Crippen LogP contribution in [0, 0.1) is 17.3 Å². The normalized spacial score (nSPS) is 22.4. The maximum absolute atomic E-state index is 15.4. The highest BCUT2D eigenvalue weighted by Gasteiger charge is 2.55. The van der Waals surface area contributed by atoms with E-state index in [1.54, 1.807) is 28.8 Å². The number of hydrogen-bond donors (Lipinski definition) is 2. The lowest BCUT2D eigenvalue weighted by Gasteiger charge is -2.24. The van der Waals surface area contributed by atoms with E-state index in [4.69, 9.17) is 16.6 Å². The van der Waals surface area contributed by atoms with Gasteiger partial charge in [0, 0.05) is 39.5 Å². The summed E-state index contributed by atoms with van der Waals surface area (Å²) in [7, 11) is 0. The first-order valence-electron chi connectivity index (χ1n) is 13.9. The zero-order chi connectivity index (χ0) is 28.3. The Morgan fingerprint density at radius 1 is 1.05 bits per heavy atom. The molecule has 0 saturated heterocycles. The number of aromatic amines is 1. The van der Waals surface area contributed by atoms with Crippen LogP contribution in [0.5, 0.6) is 0 Å². The van der Waals surface area contributed by atoms with Crippen molar-refractivity contribution in [3.8, 4) is 28.1 Å². The Balaban J connectivity index is 1.10. The van der Waals surface area contributed by atoms with Crippen molar-refractivity contribution >= 4 is 23.2 Å². The lowest BCUT2D eigenvalue weighted by Crippen LogP contribution is -2.31. The number of benzene rings is 2. The van der Waals surface area contributed by atoms with Gasteiger partial charge in [0.05, 0.1) is 17.1 Å². The van der Waals surface area contributed by atoms with Crippen LogP contribution < -0.4 is 10.9 Å². The van der Waals surface area contributed by atoms with Crippen LogP contribution in [-0.2, 0) is 11.2 Å². The minimum Gasteiger partial charge on any atom is -0.325 e. The molecule has 1 amide bonds. The van der Waals surface area contributed by atoms with Gasteiger partial charge in [0.1, 0.15) is 17.8 Å². The number of halogens is 2. The van der Waals surface area contributed by atoms with Crippen molar-refractivity contribution in [1.82, 2.24) is 34.7 Å². The summed E-state index contributed by atoms with van der Waals surface area (Å²) in [5.41, 5.74) is 5.16. The second-order valence-corrected chi connectivity index (χ2v) is 12.2. The predicted octanol–water partition coefficient (Wildman–Crippen LogP) is 4.65. The van der Waals surface area contributed by atoms with Gasteiger partial charge in [-0.2, -0.15) is 9.07 Å². The summed E-state index contributed by atoms with van der Waals surface area (Å²) in [6.07, 6.45) is 4.78. The molecule has 0 bridgehead atoms. The van der Waals surface area contributed by atoms with E-state index in [0.717, 1.165) is 41.8 Å². The molecule has 2 aromatic carbocycles. The molecule has 9 rings (SSSR count). The number of pyridine rings is 1. The van der Waals surface area contributed by atoms with Crippen molar-refractivity contribution < 1.29 is 9.18 Å². The minimum atomic E-state index is -0.536. The molecule has 3 aromatic heterocycles. The van der Waals surface area contributed by atoms with E-state index in [1.807, 2.05) is 24.3 Å². The van der Waals surface area contributed by atoms with Gasteiger partial charge in [0.15, 0.2) is 0 Å². The summed E-state index contributed by atoms with van der Waals surface area (Å²) in [5.74, 6) is 0.303. The van der Waals surface area contributed by atoms with Crippen molar-refractivity contribution in [3.05, 3.63) is 93.3 Å². The fourth-order valence-electron chi connectivity index (χ4n) is 6.93. The first kappa shape index (κ1) is 24.0. The Bertz CT molecular complexity index is 2030. The van der Waals surface area contributed by atoms with Gasteiger partial charge in [-0.3, -0.25) is 9.59 Å². The third kappa shape index (κ3) is 3.43. The number of nitrogens with zero attached hydrogens (tertiary/aromatic N) is 6. The molecule has 12 heteroatoms. The van der Waals surface area contributed by atoms with E-state index in [1.165, 1.54) is 11.0 Å². The number of aromatic nitrogens is 7. The van der Waals surface area contributed by atoms with E-state index in [-0.39, 0.29) is 40.5 Å². The van der Waals surface area contributed by atoms with Gasteiger partial charge in [-0.1, -0.05) is 17.7 Å². The van der Waals surface area contributed by atoms with Crippen LogP contribution in [0.3, 0.4) is 0 Å². The van der Waals surface area contributed by atoms with Gasteiger partial charge < -0.3 is 14.9 Å². The molecule has 2 saturated carbocycles. The Labute approximate surface area is 242 Å². The first-order chi connectivity index (χ1) is 20.4. The number of fused-ring (bicyclic) bond motifs is 4. The molecule has 2 aliphatic carbocycles. The first-order valence-corrected chi connectivity index (χ1v) is 14.3. The molecule has 2 N–H and O–H groups in total. The second-order valence-electron chi connectivity index (χ2n) is 11.8. The van der Waals surface area contributed by atoms with E-state index >= 15 is 4.39 Å². The molecule has 3 atom stereocenters. The molecule has 42 heavy (non-hydrogen) atoms. The van der Waals surface area contributed by atoms with Gasteiger partial charge in [0.25, 0.3) is 5.56 Å². The number of hydrogen-bond acceptors (Lipinski definition) is 6. The van der Waals surface area contributed by atoms with Gasteiger partial charge in [0.2, 0.25) is 11.9 Å². The summed E-state index contributed by atoms with van der Waals surface area (Å²) in [4.78, 5) is 33.7. The summed E-state index contributed by atoms with van der Waals surface area (Å²) in [6.45, 7) is 0. The summed E-state index contributed by atoms with van der Waals surface area (Å²) >= 11 is 6.34. The fraction of sp³-hybridized carbons (Fsp3) is 0.267. The van der Waals surface area contributed by atoms with Crippen LogP contribution in [0.4, 0.5) is 10.1 Å². The summed E-state index contributed by atoms with van der Waals surface area (Å²) in [6, 6.07) is 14.1. The lowest BCUT2D eigenvalue weighted by atomic mass is 9.89. The van der Waals surface area contributed by atoms with Gasteiger partial charge >= 0.3 is 0 Å². The molecular formula is C30H22ClFN8O2. The number of imidazole rings is 1. The topological polar surface area (TPSA) is 123 Å². The third-order valence-electron chi connectivity index (χ3n) is 9.32. The Hall–Kier alpha value is -4.64. The molecule has 5 aromatic rings. The molecule has 2 fully saturated rings. The van der Waals surface area contributed by atoms with Gasteiger partial charge in [-0.15, -0.1) is 5.10 Å². The number of rotatable bonds is 4. The SMILES string of the molecule is O=C1Nc2ccc(-c3nc(C4C5CC5c5cc(-c6cc(Cl)ccc6-n6cnnn6)cc(=O)n54)[nH]c3F)cc2CC12CC2. The number of carbonyl (C=O) groups is 1. The van der Waals surface area contributed by atoms with Crippen molar-refractivity contribution in [2.75, 3.05) is 5.32 Å². The van der Waals surface area contributed by atoms with Crippen molar-refractivity contribution in [2.24, 2.45) is 11.3 Å². The predicted molar refractivity (Wildman–Crippen MR) is 151 cm³/mol. The molecular weight excluding hydrogens is 559 g/mol. The van der Waals surface area contributed by atoms with Gasteiger partial charge in [-0.25, -0.2) is 4.98 Å². The van der Waals surface area contributed by atoms with Crippen LogP contribution in [-0.4, -0.2) is 40.6 Å². The van der Waals surface area contributed by atoms with E-state index in [9.17, 15) is 9.59 Å². The van der Waals surface area contributed by atoms with Crippen LogP contribution in [0.15, 0.2) is 59.7 Å². The average molecular weight is 581 g/mol. The highest BCUT2D eigenvalue weighted by molar-refractivity contribution is 6.31. The molecule has 208 valence electrons. The Morgan fingerprint density at radius 2 is 1.93 bits per heavy atom. The molecule has 4 aliphatic rings. The van der Waals surface area contributed by atoms with Crippen LogP contribution in [0.2, 0.25) is 5.02 Å². The van der Waals surface area contributed by atoms with Crippen molar-refractivity contribution in [3.63, 3.8) is 0 Å². The standard InChI is InChI=1S/C30H22ClFN8O2/c31-17-2-4-22(39-13-33-37-38-39)18(10-17)15-8-23-19-11-20(19)26(40(23)24(41)9-15)28-35-25(27(32)36-28)14-1-3-21-16(7-14)12-30(5-6-30)29(42)34-21/h1-4,7-10,13,19-20,26H,5-6,11-12H2,(H,34,42)(H,35,36). The summed E-state index contributed by atoms with van der Waals surface area (Å²) in [5, 5.41) is 15.0. The fourth-order valence-corrected chi connectivity index (χ4v) is 7.11. The highest BCUT2D eigenvalue weighted by atomic mass is 35.5. The van der Waals surface area contributed by atoms with Crippen molar-refractivity contribution in [2.45, 2.75) is 37.6 Å². The molecule has 0 radical (unpaired) electrons. The number of amides is 1. The largest absolute Gasteiger partial charge is 0.325 e. The van der Waals surface area contributed by atoms with Gasteiger partial charge in [-0.05, 0) is 89.6 Å². The molecule has 2 aliphatic heterocycles. The lowest BCUT2D eigenvalue weighted by molar-refractivity contribution is -0.121. The van der Waals surface area contributed by atoms with Crippen LogP contribution >= 0.6 is 11.6 Å². The molecule has 1 spiro atoms. The van der Waals surface area contributed by atoms with Crippen LogP contribution in [0.25, 0.3) is 28.1 Å². The monoisotopic (exact) mass is 580 g/mol. The smallest absolute Gasteiger partial charge is 0.252 e. The maximum Gasteiger partial charge on any atom is 0.252 e. The highest BCUT2D eigenvalue weighted by Crippen LogP contribution is 2.60. The second kappa shape index (κ2) is 8.22. The maximum atomic E-state index is 15.4. The zero-order valence-corrected chi connectivity index (χ0v) is 22.8. The number of nitrogens with one attached hydrogen (secondary N) is 2. The number of anilines is 1. The molecule has 3 unspecified atom stereocenters. The Morgan fingerprint density at radius 3 is 2.74 bits per heavy atom. The number of tetrazole rings is 1. The molecule has 10 nitrogen and oxygen atoms in total. The van der Waals surface area contributed by atoms with E-state index in [2.05, 4.69) is 25.8 Å². The number of H-pyrrole nitrogens is 1. The minimum absolute atomic E-state index is 0.0745. The quantitative estimate of drug-likeness (QED) is 0.319. The van der Waals surface area contributed by atoms with E-state index < -0.39 is 5.95 Å². The van der Waals surface area contributed by atoms with Crippen LogP contribution in [0.1, 0.15) is 48.3 Å². The third-order valence-corrected chi connectivity index (χ3v) is 9.55. The van der Waals surface area contributed by atoms with Crippen molar-refractivity contribution in [1.29, 1.82) is 0 Å². The summed E-state index contributed by atoms with van der Waals surface area (Å²) < 4.78 is 18.7.